The van der Waals surface area contributed by atoms with Crippen LogP contribution in [0.1, 0.15) is 77.1 Å². The van der Waals surface area contributed by atoms with Crippen LogP contribution in [0.5, 0.6) is 0 Å². The van der Waals surface area contributed by atoms with Gasteiger partial charge in [-0.15, -0.1) is 0 Å². The zero-order valence-electron chi connectivity index (χ0n) is 26.4. The van der Waals surface area contributed by atoms with Gasteiger partial charge in [0.2, 0.25) is 0 Å². The SMILES string of the molecule is CC1C=Cc2c(ccc3c2ccc2cc(F)ccc23)C2=C1CC(=CO/C(=C\C(=O)C(C)(C)C)C(C)(C)C)c1ccc(F)cc12. The molecule has 0 fully saturated rings. The summed E-state index contributed by atoms with van der Waals surface area (Å²) in [6.07, 6.45) is 8.38. The van der Waals surface area contributed by atoms with Crippen molar-refractivity contribution >= 4 is 44.6 Å². The summed E-state index contributed by atoms with van der Waals surface area (Å²) >= 11 is 0. The lowest BCUT2D eigenvalue weighted by Gasteiger charge is -2.29. The first-order valence-corrected chi connectivity index (χ1v) is 15.2. The molecule has 0 saturated heterocycles. The van der Waals surface area contributed by atoms with Crippen LogP contribution in [-0.2, 0) is 9.53 Å². The van der Waals surface area contributed by atoms with E-state index >= 15 is 0 Å². The highest BCUT2D eigenvalue weighted by Crippen LogP contribution is 2.48. The molecule has 0 amide bonds. The van der Waals surface area contributed by atoms with Gasteiger partial charge in [0.1, 0.15) is 17.4 Å². The average Bonchev–Trinajstić information content (AvgIpc) is 3.09. The van der Waals surface area contributed by atoms with E-state index in [9.17, 15) is 13.6 Å². The number of fused-ring (bicyclic) bond motifs is 8. The molecule has 44 heavy (non-hydrogen) atoms. The highest BCUT2D eigenvalue weighted by atomic mass is 19.1. The molecule has 2 aliphatic carbocycles. The third-order valence-electron chi connectivity index (χ3n) is 8.76. The Hall–Kier alpha value is -4.31. The van der Waals surface area contributed by atoms with Crippen LogP contribution in [0.3, 0.4) is 0 Å². The lowest BCUT2D eigenvalue weighted by Crippen LogP contribution is -2.21. The van der Waals surface area contributed by atoms with Crippen LogP contribution in [0.15, 0.2) is 90.4 Å². The number of rotatable bonds is 3. The second-order valence-electron chi connectivity index (χ2n) is 14.1. The van der Waals surface area contributed by atoms with Crippen LogP contribution in [0.4, 0.5) is 8.78 Å². The molecule has 0 N–H and O–H groups in total. The first-order valence-electron chi connectivity index (χ1n) is 15.2. The van der Waals surface area contributed by atoms with Gasteiger partial charge in [0.25, 0.3) is 0 Å². The maximum Gasteiger partial charge on any atom is 0.164 e. The van der Waals surface area contributed by atoms with Crippen molar-refractivity contribution in [1.29, 1.82) is 0 Å². The van der Waals surface area contributed by atoms with Crippen molar-refractivity contribution in [2.24, 2.45) is 16.7 Å². The fraction of sp³-hybridized carbons (Fsp3) is 0.275. The Bertz CT molecular complexity index is 1970. The first kappa shape index (κ1) is 29.7. The van der Waals surface area contributed by atoms with E-state index in [1.807, 2.05) is 59.7 Å². The van der Waals surface area contributed by atoms with Crippen LogP contribution in [0.25, 0.3) is 38.8 Å². The summed E-state index contributed by atoms with van der Waals surface area (Å²) in [5.41, 5.74) is 6.11. The lowest BCUT2D eigenvalue weighted by atomic mass is 9.76. The highest BCUT2D eigenvalue weighted by Gasteiger charge is 2.31. The van der Waals surface area contributed by atoms with Gasteiger partial charge < -0.3 is 4.74 Å². The molecule has 0 bridgehead atoms. The fourth-order valence-electron chi connectivity index (χ4n) is 6.17. The quantitative estimate of drug-likeness (QED) is 0.135. The Morgan fingerprint density at radius 1 is 0.795 bits per heavy atom. The monoisotopic (exact) mass is 588 g/mol. The lowest BCUT2D eigenvalue weighted by molar-refractivity contribution is -0.121. The molecule has 0 aliphatic heterocycles. The Kier molecular flexibility index (Phi) is 7.23. The molecular weight excluding hydrogens is 550 g/mol. The minimum absolute atomic E-state index is 0.00112. The first-order chi connectivity index (χ1) is 20.7. The van der Waals surface area contributed by atoms with Crippen molar-refractivity contribution in [3.8, 4) is 0 Å². The zero-order chi connectivity index (χ0) is 31.6. The Labute approximate surface area is 258 Å². The predicted molar refractivity (Wildman–Crippen MR) is 178 cm³/mol. The topological polar surface area (TPSA) is 26.3 Å². The number of halogens is 2. The summed E-state index contributed by atoms with van der Waals surface area (Å²) in [6.45, 7) is 13.9. The van der Waals surface area contributed by atoms with Crippen molar-refractivity contribution in [2.75, 3.05) is 0 Å². The molecule has 224 valence electrons. The van der Waals surface area contributed by atoms with E-state index in [0.717, 1.165) is 54.9 Å². The van der Waals surface area contributed by atoms with Gasteiger partial charge in [-0.2, -0.15) is 0 Å². The summed E-state index contributed by atoms with van der Waals surface area (Å²) in [6, 6.07) is 18.1. The molecular formula is C40H38F2O2. The van der Waals surface area contributed by atoms with Gasteiger partial charge in [-0.3, -0.25) is 4.79 Å². The molecule has 0 aromatic heterocycles. The number of allylic oxidation sites excluding steroid dienone is 5. The number of carbonyl (C=O) groups excluding carboxylic acids is 1. The molecule has 1 unspecified atom stereocenters. The van der Waals surface area contributed by atoms with Crippen LogP contribution in [0, 0.1) is 28.4 Å². The number of ketones is 1. The van der Waals surface area contributed by atoms with Gasteiger partial charge in [-0.1, -0.05) is 103 Å². The van der Waals surface area contributed by atoms with E-state index in [2.05, 4.69) is 37.3 Å². The maximum absolute atomic E-state index is 15.0. The third kappa shape index (κ3) is 5.32. The molecule has 0 heterocycles. The van der Waals surface area contributed by atoms with Crippen molar-refractivity contribution in [1.82, 2.24) is 0 Å². The smallest absolute Gasteiger partial charge is 0.164 e. The van der Waals surface area contributed by atoms with E-state index in [0.29, 0.717) is 12.2 Å². The number of carbonyl (C=O) groups is 1. The number of ether oxygens (including phenoxy) is 1. The molecule has 2 aliphatic rings. The van der Waals surface area contributed by atoms with Gasteiger partial charge in [0, 0.05) is 16.9 Å². The van der Waals surface area contributed by atoms with Gasteiger partial charge in [0.15, 0.2) is 5.78 Å². The standard InChI is InChI=1S/C40H38F2O2/c1-23-8-12-32-31-13-9-24-18-26(41)10-14-28(24)30(31)16-17-33(32)38-34(23)19-25(29-15-11-27(42)20-35(29)38)22-44-37(40(5,6)7)21-36(43)39(2,3)4/h8-18,20-23H,19H2,1-7H3/b25-22?,37-21-. The van der Waals surface area contributed by atoms with E-state index in [1.54, 1.807) is 24.5 Å². The van der Waals surface area contributed by atoms with E-state index in [1.165, 1.54) is 17.7 Å². The van der Waals surface area contributed by atoms with Crippen molar-refractivity contribution < 1.29 is 18.3 Å². The third-order valence-corrected chi connectivity index (χ3v) is 8.76. The summed E-state index contributed by atoms with van der Waals surface area (Å²) < 4.78 is 35.3. The van der Waals surface area contributed by atoms with E-state index in [-0.39, 0.29) is 23.3 Å². The van der Waals surface area contributed by atoms with Crippen LogP contribution in [-0.4, -0.2) is 5.78 Å². The molecule has 4 heteroatoms. The van der Waals surface area contributed by atoms with Crippen LogP contribution < -0.4 is 0 Å². The largest absolute Gasteiger partial charge is 0.468 e. The molecule has 6 rings (SSSR count). The highest BCUT2D eigenvalue weighted by molar-refractivity contribution is 6.12. The molecule has 0 radical (unpaired) electrons. The zero-order valence-corrected chi connectivity index (χ0v) is 26.4. The molecule has 4 aromatic rings. The van der Waals surface area contributed by atoms with Gasteiger partial charge in [0.05, 0.1) is 6.26 Å². The Balaban J connectivity index is 1.52. The molecule has 0 saturated carbocycles. The van der Waals surface area contributed by atoms with Gasteiger partial charge in [-0.25, -0.2) is 8.78 Å². The second-order valence-corrected chi connectivity index (χ2v) is 14.1. The average molecular weight is 589 g/mol. The van der Waals surface area contributed by atoms with Crippen LogP contribution in [0.2, 0.25) is 0 Å². The normalized spacial score (nSPS) is 17.9. The number of benzene rings is 4. The van der Waals surface area contributed by atoms with Gasteiger partial charge in [-0.05, 0) is 91.5 Å². The Morgan fingerprint density at radius 2 is 1.45 bits per heavy atom. The number of hydrogen-bond donors (Lipinski definition) is 0. The fourth-order valence-corrected chi connectivity index (χ4v) is 6.17. The predicted octanol–water partition coefficient (Wildman–Crippen LogP) is 11.0. The minimum Gasteiger partial charge on any atom is -0.468 e. The molecule has 0 spiro atoms. The number of hydrogen-bond acceptors (Lipinski definition) is 2. The molecule has 4 aromatic carbocycles. The molecule has 1 atom stereocenters. The maximum atomic E-state index is 15.0. The van der Waals surface area contributed by atoms with Gasteiger partial charge >= 0.3 is 0 Å². The van der Waals surface area contributed by atoms with E-state index in [4.69, 9.17) is 4.74 Å². The molecule has 2 nitrogen and oxygen atoms in total. The summed E-state index contributed by atoms with van der Waals surface area (Å²) in [4.78, 5) is 12.9. The summed E-state index contributed by atoms with van der Waals surface area (Å²) in [7, 11) is 0. The van der Waals surface area contributed by atoms with Crippen LogP contribution >= 0.6 is 0 Å². The summed E-state index contributed by atoms with van der Waals surface area (Å²) in [5, 5.41) is 3.98. The Morgan fingerprint density at radius 3 is 2.18 bits per heavy atom. The second kappa shape index (κ2) is 10.7. The summed E-state index contributed by atoms with van der Waals surface area (Å²) in [5.74, 6) is 0.118. The van der Waals surface area contributed by atoms with Crippen molar-refractivity contribution in [3.63, 3.8) is 0 Å². The van der Waals surface area contributed by atoms with Crippen molar-refractivity contribution in [2.45, 2.75) is 54.9 Å². The van der Waals surface area contributed by atoms with Crippen molar-refractivity contribution in [3.05, 3.63) is 124 Å². The minimum atomic E-state index is -0.524. The van der Waals surface area contributed by atoms with E-state index < -0.39 is 10.8 Å².